The second kappa shape index (κ2) is 5.92. The van der Waals surface area contributed by atoms with Crippen molar-refractivity contribution in [2.24, 2.45) is 21.5 Å². The summed E-state index contributed by atoms with van der Waals surface area (Å²) in [5, 5.41) is 0. The van der Waals surface area contributed by atoms with Crippen LogP contribution in [0.4, 0.5) is 0 Å². The molecule has 15 heavy (non-hydrogen) atoms. The zero-order valence-corrected chi connectivity index (χ0v) is 9.74. The number of amidine groups is 1. The molecule has 5 nitrogen and oxygen atoms in total. The molecule has 1 aliphatic heterocycles. The molecule has 86 valence electrons. The van der Waals surface area contributed by atoms with Gasteiger partial charge in [-0.2, -0.15) is 0 Å². The highest BCUT2D eigenvalue weighted by Crippen LogP contribution is 2.08. The molecule has 1 heterocycles. The van der Waals surface area contributed by atoms with Gasteiger partial charge in [0.05, 0.1) is 0 Å². The van der Waals surface area contributed by atoms with E-state index in [2.05, 4.69) is 16.9 Å². The highest BCUT2D eigenvalue weighted by molar-refractivity contribution is 6.18. The molecule has 1 unspecified atom stereocenters. The standard InChI is InChI=1S/C9H18ClN5/c1-2-3-4-7-13-8(11)15(6-5-10)9(12)14-7/h8H,2-6,11H2,1H3,(H2,12,13,14). The number of alkyl halides is 1. The first-order chi connectivity index (χ1) is 7.19. The fraction of sp³-hybridized carbons (Fsp3) is 0.778. The minimum atomic E-state index is -0.437. The number of nitrogens with zero attached hydrogens (tertiary/aromatic N) is 3. The van der Waals surface area contributed by atoms with Gasteiger partial charge in [0.25, 0.3) is 0 Å². The summed E-state index contributed by atoms with van der Waals surface area (Å²) in [5.41, 5.74) is 11.6. The quantitative estimate of drug-likeness (QED) is 0.683. The van der Waals surface area contributed by atoms with Crippen LogP contribution in [-0.4, -0.2) is 35.4 Å². The third kappa shape index (κ3) is 3.35. The molecule has 0 saturated carbocycles. The van der Waals surface area contributed by atoms with Crippen molar-refractivity contribution < 1.29 is 0 Å². The lowest BCUT2D eigenvalue weighted by atomic mass is 10.2. The summed E-state index contributed by atoms with van der Waals surface area (Å²) in [4.78, 5) is 10.2. The Hall–Kier alpha value is -0.810. The second-order valence-electron chi connectivity index (χ2n) is 3.41. The van der Waals surface area contributed by atoms with E-state index < -0.39 is 6.29 Å². The third-order valence-corrected chi connectivity index (χ3v) is 2.39. The molecule has 0 aliphatic carbocycles. The number of unbranched alkanes of at least 4 members (excludes halogenated alkanes) is 1. The summed E-state index contributed by atoms with van der Waals surface area (Å²) >= 11 is 5.63. The SMILES string of the molecule is CCCCC1=NC(N)N(CCCl)C(N)=N1. The van der Waals surface area contributed by atoms with Gasteiger partial charge in [-0.25, -0.2) is 9.98 Å². The highest BCUT2D eigenvalue weighted by atomic mass is 35.5. The molecule has 0 radical (unpaired) electrons. The van der Waals surface area contributed by atoms with E-state index in [1.807, 2.05) is 0 Å². The van der Waals surface area contributed by atoms with E-state index in [1.54, 1.807) is 4.90 Å². The van der Waals surface area contributed by atoms with E-state index in [9.17, 15) is 0 Å². The van der Waals surface area contributed by atoms with Crippen LogP contribution in [0.15, 0.2) is 9.98 Å². The zero-order chi connectivity index (χ0) is 11.3. The molecular formula is C9H18ClN5. The Morgan fingerprint density at radius 1 is 1.53 bits per heavy atom. The molecular weight excluding hydrogens is 214 g/mol. The van der Waals surface area contributed by atoms with Crippen molar-refractivity contribution >= 4 is 23.4 Å². The Bertz CT molecular complexity index is 263. The first-order valence-corrected chi connectivity index (χ1v) is 5.71. The monoisotopic (exact) mass is 231 g/mol. The van der Waals surface area contributed by atoms with Gasteiger partial charge in [0, 0.05) is 18.8 Å². The van der Waals surface area contributed by atoms with Crippen LogP contribution < -0.4 is 11.5 Å². The smallest absolute Gasteiger partial charge is 0.200 e. The molecule has 0 aromatic heterocycles. The van der Waals surface area contributed by atoms with Crippen molar-refractivity contribution in [3.05, 3.63) is 0 Å². The molecule has 0 aromatic carbocycles. The van der Waals surface area contributed by atoms with E-state index in [1.165, 1.54) is 0 Å². The summed E-state index contributed by atoms with van der Waals surface area (Å²) in [6.07, 6.45) is 2.56. The van der Waals surface area contributed by atoms with Gasteiger partial charge in [0.2, 0.25) is 0 Å². The molecule has 6 heteroatoms. The number of aliphatic imine (C=N–C) groups is 2. The van der Waals surface area contributed by atoms with Crippen molar-refractivity contribution in [3.8, 4) is 0 Å². The van der Waals surface area contributed by atoms with Gasteiger partial charge in [0.1, 0.15) is 5.84 Å². The van der Waals surface area contributed by atoms with Gasteiger partial charge in [-0.15, -0.1) is 11.6 Å². The van der Waals surface area contributed by atoms with E-state index in [-0.39, 0.29) is 0 Å². The lowest BCUT2D eigenvalue weighted by Gasteiger charge is -2.29. The van der Waals surface area contributed by atoms with Crippen molar-refractivity contribution in [1.29, 1.82) is 0 Å². The third-order valence-electron chi connectivity index (χ3n) is 2.22. The largest absolute Gasteiger partial charge is 0.369 e. The molecule has 0 saturated heterocycles. The zero-order valence-electron chi connectivity index (χ0n) is 8.99. The predicted octanol–water partition coefficient (Wildman–Crippen LogP) is 0.687. The number of rotatable bonds is 5. The Morgan fingerprint density at radius 3 is 2.80 bits per heavy atom. The minimum Gasteiger partial charge on any atom is -0.369 e. The number of hydrogen-bond acceptors (Lipinski definition) is 5. The Morgan fingerprint density at radius 2 is 2.27 bits per heavy atom. The number of guanidine groups is 1. The fourth-order valence-corrected chi connectivity index (χ4v) is 1.56. The average Bonchev–Trinajstić information content (AvgIpc) is 2.20. The molecule has 0 amide bonds. The van der Waals surface area contributed by atoms with E-state index in [0.717, 1.165) is 25.1 Å². The van der Waals surface area contributed by atoms with Crippen LogP contribution >= 0.6 is 11.6 Å². The number of hydrogen-bond donors (Lipinski definition) is 2. The van der Waals surface area contributed by atoms with Crippen LogP contribution in [0.2, 0.25) is 0 Å². The van der Waals surface area contributed by atoms with Crippen molar-refractivity contribution in [3.63, 3.8) is 0 Å². The van der Waals surface area contributed by atoms with E-state index in [4.69, 9.17) is 23.1 Å². The van der Waals surface area contributed by atoms with Gasteiger partial charge in [-0.05, 0) is 6.42 Å². The first-order valence-electron chi connectivity index (χ1n) is 5.18. The summed E-state index contributed by atoms with van der Waals surface area (Å²) < 4.78 is 0. The van der Waals surface area contributed by atoms with Crippen LogP contribution in [0.1, 0.15) is 26.2 Å². The van der Waals surface area contributed by atoms with Crippen molar-refractivity contribution in [2.75, 3.05) is 12.4 Å². The van der Waals surface area contributed by atoms with Crippen LogP contribution in [-0.2, 0) is 0 Å². The summed E-state index contributed by atoms with van der Waals surface area (Å²) in [7, 11) is 0. The molecule has 1 aliphatic rings. The maximum atomic E-state index is 5.84. The molecule has 1 atom stereocenters. The summed E-state index contributed by atoms with van der Waals surface area (Å²) in [5.74, 6) is 1.63. The van der Waals surface area contributed by atoms with E-state index in [0.29, 0.717) is 18.4 Å². The highest BCUT2D eigenvalue weighted by Gasteiger charge is 2.20. The molecule has 0 spiro atoms. The van der Waals surface area contributed by atoms with Crippen molar-refractivity contribution in [2.45, 2.75) is 32.5 Å². The Labute approximate surface area is 95.2 Å². The fourth-order valence-electron chi connectivity index (χ4n) is 1.38. The molecule has 0 fully saturated rings. The van der Waals surface area contributed by atoms with Crippen LogP contribution in [0.5, 0.6) is 0 Å². The van der Waals surface area contributed by atoms with Gasteiger partial charge < -0.3 is 10.6 Å². The van der Waals surface area contributed by atoms with Gasteiger partial charge in [-0.3, -0.25) is 5.73 Å². The van der Waals surface area contributed by atoms with Crippen LogP contribution in [0.25, 0.3) is 0 Å². The molecule has 4 N–H and O–H groups in total. The van der Waals surface area contributed by atoms with Gasteiger partial charge in [-0.1, -0.05) is 13.3 Å². The van der Waals surface area contributed by atoms with Crippen LogP contribution in [0, 0.1) is 0 Å². The summed E-state index contributed by atoms with van der Waals surface area (Å²) in [6.45, 7) is 2.69. The molecule has 1 rings (SSSR count). The maximum absolute atomic E-state index is 5.84. The molecule has 0 aromatic rings. The van der Waals surface area contributed by atoms with E-state index >= 15 is 0 Å². The van der Waals surface area contributed by atoms with Gasteiger partial charge >= 0.3 is 0 Å². The topological polar surface area (TPSA) is 80.0 Å². The minimum absolute atomic E-state index is 0.421. The number of halogens is 1. The van der Waals surface area contributed by atoms with Crippen molar-refractivity contribution in [1.82, 2.24) is 4.90 Å². The lowest BCUT2D eigenvalue weighted by Crippen LogP contribution is -2.51. The Kier molecular flexibility index (Phi) is 4.84. The summed E-state index contributed by atoms with van der Waals surface area (Å²) in [6, 6.07) is 0. The normalized spacial score (nSPS) is 21.3. The Balaban J connectivity index is 2.62. The predicted molar refractivity (Wildman–Crippen MR) is 64.0 cm³/mol. The maximum Gasteiger partial charge on any atom is 0.200 e. The first kappa shape index (κ1) is 12.3. The molecule has 0 bridgehead atoms. The lowest BCUT2D eigenvalue weighted by molar-refractivity contribution is 0.333. The number of nitrogens with two attached hydrogens (primary N) is 2. The van der Waals surface area contributed by atoms with Crippen LogP contribution in [0.3, 0.4) is 0 Å². The average molecular weight is 232 g/mol. The second-order valence-corrected chi connectivity index (χ2v) is 3.79. The van der Waals surface area contributed by atoms with Gasteiger partial charge in [0.15, 0.2) is 12.2 Å².